The normalized spacial score (nSPS) is 17.4. The maximum atomic E-state index is 12.9. The molecule has 0 saturated carbocycles. The molecule has 27 heavy (non-hydrogen) atoms. The van der Waals surface area contributed by atoms with E-state index in [0.717, 1.165) is 26.1 Å². The van der Waals surface area contributed by atoms with Gasteiger partial charge in [-0.15, -0.1) is 0 Å². The van der Waals surface area contributed by atoms with Crippen LogP contribution in [0.25, 0.3) is 0 Å². The number of hydrogen-bond donors (Lipinski definition) is 0. The van der Waals surface area contributed by atoms with Crippen LogP contribution in [0.2, 0.25) is 5.02 Å². The molecule has 0 spiro atoms. The molecule has 1 fully saturated rings. The van der Waals surface area contributed by atoms with E-state index in [-0.39, 0.29) is 5.91 Å². The lowest BCUT2D eigenvalue weighted by Crippen LogP contribution is -2.48. The van der Waals surface area contributed by atoms with Gasteiger partial charge in [0.1, 0.15) is 0 Å². The lowest BCUT2D eigenvalue weighted by molar-refractivity contribution is 0.0628. The molecule has 2 aliphatic rings. The maximum absolute atomic E-state index is 12.9. The highest BCUT2D eigenvalue weighted by molar-refractivity contribution is 6.32. The molecule has 3 heterocycles. The number of nitrogens with zero attached hydrogens (tertiary/aromatic N) is 3. The predicted octanol–water partition coefficient (Wildman–Crippen LogP) is 2.85. The van der Waals surface area contributed by atoms with Crippen LogP contribution in [0.4, 0.5) is 0 Å². The number of amides is 1. The smallest absolute Gasteiger partial charge is 0.254 e. The molecule has 0 unspecified atom stereocenters. The second-order valence-corrected chi connectivity index (χ2v) is 7.17. The molecule has 1 aromatic carbocycles. The molecule has 0 N–H and O–H groups in total. The van der Waals surface area contributed by atoms with Gasteiger partial charge >= 0.3 is 0 Å². The number of pyridine rings is 1. The first-order valence-corrected chi connectivity index (χ1v) is 9.58. The summed E-state index contributed by atoms with van der Waals surface area (Å²) in [6.45, 7) is 5.02. The zero-order chi connectivity index (χ0) is 18.6. The Hall–Kier alpha value is -2.31. The Labute approximate surface area is 163 Å². The summed E-state index contributed by atoms with van der Waals surface area (Å²) < 4.78 is 11.3. The fourth-order valence-corrected chi connectivity index (χ4v) is 3.66. The Bertz CT molecular complexity index is 808. The maximum Gasteiger partial charge on any atom is 0.254 e. The first-order chi connectivity index (χ1) is 13.2. The van der Waals surface area contributed by atoms with Gasteiger partial charge in [-0.3, -0.25) is 14.7 Å². The number of benzene rings is 1. The first-order valence-electron chi connectivity index (χ1n) is 9.20. The van der Waals surface area contributed by atoms with E-state index in [0.29, 0.717) is 48.4 Å². The summed E-state index contributed by atoms with van der Waals surface area (Å²) in [6.07, 6.45) is 4.46. The second kappa shape index (κ2) is 8.15. The van der Waals surface area contributed by atoms with Gasteiger partial charge < -0.3 is 14.4 Å². The van der Waals surface area contributed by atoms with Gasteiger partial charge in [0.25, 0.3) is 5.91 Å². The topological polar surface area (TPSA) is 54.9 Å². The van der Waals surface area contributed by atoms with Crippen molar-refractivity contribution in [3.8, 4) is 11.5 Å². The Balaban J connectivity index is 1.41. The molecule has 2 aliphatic heterocycles. The number of piperazine rings is 1. The van der Waals surface area contributed by atoms with Crippen LogP contribution >= 0.6 is 11.6 Å². The molecule has 142 valence electrons. The molecule has 6 nitrogen and oxygen atoms in total. The van der Waals surface area contributed by atoms with E-state index in [1.807, 2.05) is 17.2 Å². The summed E-state index contributed by atoms with van der Waals surface area (Å²) >= 11 is 6.33. The van der Waals surface area contributed by atoms with Gasteiger partial charge in [0.15, 0.2) is 11.5 Å². The van der Waals surface area contributed by atoms with Crippen molar-refractivity contribution in [2.75, 3.05) is 39.4 Å². The zero-order valence-corrected chi connectivity index (χ0v) is 15.8. The number of halogens is 1. The molecule has 0 aliphatic carbocycles. The van der Waals surface area contributed by atoms with E-state index in [1.54, 1.807) is 18.3 Å². The number of hydrogen-bond acceptors (Lipinski definition) is 5. The third-order valence-corrected chi connectivity index (χ3v) is 5.12. The van der Waals surface area contributed by atoms with Gasteiger partial charge in [-0.25, -0.2) is 0 Å². The second-order valence-electron chi connectivity index (χ2n) is 6.77. The minimum Gasteiger partial charge on any atom is -0.489 e. The molecule has 1 saturated heterocycles. The lowest BCUT2D eigenvalue weighted by Gasteiger charge is -2.34. The molecule has 1 aromatic heterocycles. The third kappa shape index (κ3) is 4.17. The van der Waals surface area contributed by atoms with Crippen LogP contribution in [0.5, 0.6) is 11.5 Å². The predicted molar refractivity (Wildman–Crippen MR) is 102 cm³/mol. The molecule has 2 aromatic rings. The molecular formula is C20H22ClN3O3. The molecular weight excluding hydrogens is 366 g/mol. The summed E-state index contributed by atoms with van der Waals surface area (Å²) in [4.78, 5) is 21.3. The number of carbonyl (C=O) groups excluding carboxylic acids is 1. The van der Waals surface area contributed by atoms with Crippen LogP contribution in [0.15, 0.2) is 36.7 Å². The SMILES string of the molecule is O=C(c1cc(Cl)c2c(c1)OCCCO2)N1CCN(Cc2cccnc2)CC1. The van der Waals surface area contributed by atoms with Crippen molar-refractivity contribution in [1.29, 1.82) is 0 Å². The first kappa shape index (κ1) is 18.1. The Morgan fingerprint density at radius 2 is 1.96 bits per heavy atom. The van der Waals surface area contributed by atoms with Crippen LogP contribution in [0, 0.1) is 0 Å². The summed E-state index contributed by atoms with van der Waals surface area (Å²) in [5.74, 6) is 1.07. The van der Waals surface area contributed by atoms with Crippen molar-refractivity contribution in [3.63, 3.8) is 0 Å². The van der Waals surface area contributed by atoms with E-state index >= 15 is 0 Å². The van der Waals surface area contributed by atoms with E-state index in [1.165, 1.54) is 5.56 Å². The summed E-state index contributed by atoms with van der Waals surface area (Å²) in [7, 11) is 0. The van der Waals surface area contributed by atoms with Crippen molar-refractivity contribution in [1.82, 2.24) is 14.8 Å². The van der Waals surface area contributed by atoms with E-state index in [9.17, 15) is 4.79 Å². The van der Waals surface area contributed by atoms with Crippen LogP contribution in [0.3, 0.4) is 0 Å². The van der Waals surface area contributed by atoms with Crippen LogP contribution in [-0.2, 0) is 6.54 Å². The summed E-state index contributed by atoms with van der Waals surface area (Å²) in [5, 5.41) is 0.424. The number of rotatable bonds is 3. The molecule has 7 heteroatoms. The van der Waals surface area contributed by atoms with Gasteiger partial charge in [-0.1, -0.05) is 17.7 Å². The van der Waals surface area contributed by atoms with Crippen molar-refractivity contribution >= 4 is 17.5 Å². The Morgan fingerprint density at radius 3 is 2.74 bits per heavy atom. The van der Waals surface area contributed by atoms with Gasteiger partial charge in [0.05, 0.1) is 18.2 Å². The summed E-state index contributed by atoms with van der Waals surface area (Å²) in [6, 6.07) is 7.45. The zero-order valence-electron chi connectivity index (χ0n) is 15.1. The minimum absolute atomic E-state index is 0.0198. The number of carbonyl (C=O) groups is 1. The summed E-state index contributed by atoms with van der Waals surface area (Å²) in [5.41, 5.74) is 1.73. The van der Waals surface area contributed by atoms with Crippen molar-refractivity contribution in [3.05, 3.63) is 52.8 Å². The van der Waals surface area contributed by atoms with E-state index in [4.69, 9.17) is 21.1 Å². The fourth-order valence-electron chi connectivity index (χ4n) is 3.40. The van der Waals surface area contributed by atoms with Gasteiger partial charge in [-0.05, 0) is 23.8 Å². The molecule has 0 atom stereocenters. The third-order valence-electron chi connectivity index (χ3n) is 4.84. The average molecular weight is 388 g/mol. The lowest BCUT2D eigenvalue weighted by atomic mass is 10.1. The van der Waals surface area contributed by atoms with Crippen molar-refractivity contribution < 1.29 is 14.3 Å². The van der Waals surface area contributed by atoms with Crippen molar-refractivity contribution in [2.24, 2.45) is 0 Å². The number of fused-ring (bicyclic) bond motifs is 1. The van der Waals surface area contributed by atoms with Gasteiger partial charge in [0, 0.05) is 57.1 Å². The molecule has 4 rings (SSSR count). The standard InChI is InChI=1S/C20H22ClN3O3/c21-17-11-16(12-18-19(17)27-10-2-9-26-18)20(25)24-7-5-23(6-8-24)14-15-3-1-4-22-13-15/h1,3-4,11-13H,2,5-10,14H2. The highest BCUT2D eigenvalue weighted by atomic mass is 35.5. The van der Waals surface area contributed by atoms with E-state index in [2.05, 4.69) is 16.0 Å². The van der Waals surface area contributed by atoms with Gasteiger partial charge in [0.2, 0.25) is 0 Å². The van der Waals surface area contributed by atoms with Crippen LogP contribution in [-0.4, -0.2) is 60.1 Å². The number of ether oxygens (including phenoxy) is 2. The fraction of sp³-hybridized carbons (Fsp3) is 0.400. The average Bonchev–Trinajstić information content (AvgIpc) is 2.95. The quantitative estimate of drug-likeness (QED) is 0.810. The van der Waals surface area contributed by atoms with Crippen LogP contribution in [0.1, 0.15) is 22.3 Å². The Morgan fingerprint density at radius 1 is 1.15 bits per heavy atom. The highest BCUT2D eigenvalue weighted by Crippen LogP contribution is 2.38. The monoisotopic (exact) mass is 387 g/mol. The molecule has 1 amide bonds. The highest BCUT2D eigenvalue weighted by Gasteiger charge is 2.25. The van der Waals surface area contributed by atoms with Crippen LogP contribution < -0.4 is 9.47 Å². The van der Waals surface area contributed by atoms with Crippen molar-refractivity contribution in [2.45, 2.75) is 13.0 Å². The largest absolute Gasteiger partial charge is 0.489 e. The minimum atomic E-state index is -0.0198. The van der Waals surface area contributed by atoms with Gasteiger partial charge in [-0.2, -0.15) is 0 Å². The van der Waals surface area contributed by atoms with E-state index < -0.39 is 0 Å². The molecule has 0 bridgehead atoms. The molecule has 0 radical (unpaired) electrons. The Kier molecular flexibility index (Phi) is 5.45. The number of aromatic nitrogens is 1.